The molecular weight excluding hydrogens is 431 g/mol. The summed E-state index contributed by atoms with van der Waals surface area (Å²) in [6.07, 6.45) is 4.52. The van der Waals surface area contributed by atoms with Gasteiger partial charge in [-0.3, -0.25) is 0 Å². The van der Waals surface area contributed by atoms with Gasteiger partial charge in [-0.2, -0.15) is 0 Å². The third kappa shape index (κ3) is 5.67. The highest BCUT2D eigenvalue weighted by atomic mass is 19.2. The molecule has 0 saturated carbocycles. The van der Waals surface area contributed by atoms with Crippen LogP contribution in [0.2, 0.25) is 0 Å². The minimum atomic E-state index is -0.757. The number of pyridine rings is 1. The van der Waals surface area contributed by atoms with Crippen LogP contribution >= 0.6 is 0 Å². The molecule has 0 aliphatic heterocycles. The smallest absolute Gasteiger partial charge is 0.162 e. The van der Waals surface area contributed by atoms with E-state index in [2.05, 4.69) is 19.6 Å². The Bertz CT molecular complexity index is 1220. The van der Waals surface area contributed by atoms with Crippen molar-refractivity contribution >= 4 is 16.7 Å². The normalized spacial score (nSPS) is 13.0. The molecule has 0 N–H and O–H groups in total. The van der Waals surface area contributed by atoms with E-state index >= 15 is 0 Å². The van der Waals surface area contributed by atoms with Crippen molar-refractivity contribution in [1.82, 2.24) is 4.98 Å². The van der Waals surface area contributed by atoms with Gasteiger partial charge in [0.25, 0.3) is 0 Å². The molecular formula is C30H32F3N. The lowest BCUT2D eigenvalue weighted by molar-refractivity contribution is 0.498. The first-order valence-corrected chi connectivity index (χ1v) is 11.8. The summed E-state index contributed by atoms with van der Waals surface area (Å²) in [6.45, 7) is 11.8. The lowest BCUT2D eigenvalue weighted by atomic mass is 9.96. The largest absolute Gasteiger partial charge is 0.248 e. The fourth-order valence-corrected chi connectivity index (χ4v) is 4.35. The number of rotatable bonds is 5. The molecule has 34 heavy (non-hydrogen) atoms. The number of aromatic nitrogens is 1. The van der Waals surface area contributed by atoms with Crippen LogP contribution in [0, 0.1) is 31.3 Å². The topological polar surface area (TPSA) is 12.9 Å². The Labute approximate surface area is 201 Å². The second-order valence-electron chi connectivity index (χ2n) is 8.65. The summed E-state index contributed by atoms with van der Waals surface area (Å²) in [6, 6.07) is 13.9. The van der Waals surface area contributed by atoms with Crippen LogP contribution in [0.1, 0.15) is 73.2 Å². The van der Waals surface area contributed by atoms with E-state index in [4.69, 9.17) is 4.98 Å². The number of nitrogens with zero attached hydrogens (tertiary/aromatic N) is 1. The van der Waals surface area contributed by atoms with E-state index in [0.29, 0.717) is 12.0 Å². The Balaban J connectivity index is 0.000000248. The fraction of sp³-hybridized carbons (Fsp3) is 0.300. The Morgan fingerprint density at radius 1 is 0.912 bits per heavy atom. The van der Waals surface area contributed by atoms with E-state index in [1.165, 1.54) is 17.2 Å². The molecule has 3 aromatic rings. The zero-order chi connectivity index (χ0) is 24.8. The van der Waals surface area contributed by atoms with Crippen LogP contribution in [0.3, 0.4) is 0 Å². The molecule has 1 aliphatic carbocycles. The van der Waals surface area contributed by atoms with E-state index in [0.717, 1.165) is 65.4 Å². The maximum absolute atomic E-state index is 13.7. The summed E-state index contributed by atoms with van der Waals surface area (Å²) in [5.41, 5.74) is 8.95. The molecule has 1 nitrogen and oxygen atoms in total. The van der Waals surface area contributed by atoms with Gasteiger partial charge >= 0.3 is 0 Å². The van der Waals surface area contributed by atoms with Gasteiger partial charge in [0.1, 0.15) is 5.82 Å². The number of allylic oxidation sites excluding steroid dienone is 3. The number of hydrogen-bond acceptors (Lipinski definition) is 1. The summed E-state index contributed by atoms with van der Waals surface area (Å²) in [7, 11) is 0. The summed E-state index contributed by atoms with van der Waals surface area (Å²) >= 11 is 0. The van der Waals surface area contributed by atoms with Crippen LogP contribution in [0.4, 0.5) is 13.2 Å². The van der Waals surface area contributed by atoms with Crippen molar-refractivity contribution in [2.45, 2.75) is 59.8 Å². The quantitative estimate of drug-likeness (QED) is 0.368. The summed E-state index contributed by atoms with van der Waals surface area (Å²) in [4.78, 5) is 4.80. The number of hydrogen-bond donors (Lipinski definition) is 0. The van der Waals surface area contributed by atoms with E-state index in [-0.39, 0.29) is 5.82 Å². The first-order valence-electron chi connectivity index (χ1n) is 11.8. The van der Waals surface area contributed by atoms with Crippen molar-refractivity contribution in [3.63, 3.8) is 0 Å². The van der Waals surface area contributed by atoms with Gasteiger partial charge in [-0.1, -0.05) is 38.6 Å². The van der Waals surface area contributed by atoms with Crippen molar-refractivity contribution in [2.24, 2.45) is 0 Å². The van der Waals surface area contributed by atoms with Crippen LogP contribution in [-0.4, -0.2) is 4.98 Å². The molecule has 2 aromatic carbocycles. The third-order valence-corrected chi connectivity index (χ3v) is 6.37. The molecule has 1 heterocycles. The van der Waals surface area contributed by atoms with Gasteiger partial charge in [0, 0.05) is 0 Å². The molecule has 4 rings (SSSR count). The minimum Gasteiger partial charge on any atom is -0.248 e. The summed E-state index contributed by atoms with van der Waals surface area (Å²) in [5.74, 6) is -1.63. The maximum atomic E-state index is 13.7. The standard InChI is InChI=1S/C21H22FN.C9H10F2/c1-4-14(2)20-9-6-10-21(23-20)18-8-5-7-17(18)19-13-16(22)12-11-15(19)3;1-3-7-6(2)4-5-8(10)9(7)11/h6,9-13H,2,4-5,7-8H2,1,3H3;4-5H,3H2,1-2H3. The maximum Gasteiger partial charge on any atom is 0.162 e. The first kappa shape index (κ1) is 25.5. The molecule has 0 fully saturated rings. The predicted molar refractivity (Wildman–Crippen MR) is 136 cm³/mol. The zero-order valence-corrected chi connectivity index (χ0v) is 20.4. The molecule has 1 aromatic heterocycles. The van der Waals surface area contributed by atoms with Crippen molar-refractivity contribution < 1.29 is 13.2 Å². The molecule has 0 unspecified atom stereocenters. The Kier molecular flexibility index (Phi) is 8.49. The number of aryl methyl sites for hydroxylation is 2. The van der Waals surface area contributed by atoms with Gasteiger partial charge in [0.15, 0.2) is 11.6 Å². The summed E-state index contributed by atoms with van der Waals surface area (Å²) in [5, 5.41) is 0. The van der Waals surface area contributed by atoms with Crippen LogP contribution in [0.5, 0.6) is 0 Å². The van der Waals surface area contributed by atoms with Gasteiger partial charge in [-0.25, -0.2) is 18.2 Å². The lowest BCUT2D eigenvalue weighted by Crippen LogP contribution is -1.96. The second kappa shape index (κ2) is 11.3. The van der Waals surface area contributed by atoms with Crippen molar-refractivity contribution in [2.75, 3.05) is 0 Å². The highest BCUT2D eigenvalue weighted by Crippen LogP contribution is 2.40. The highest BCUT2D eigenvalue weighted by Gasteiger charge is 2.20. The van der Waals surface area contributed by atoms with Gasteiger partial charge < -0.3 is 0 Å². The molecule has 0 radical (unpaired) electrons. The molecule has 178 valence electrons. The number of benzene rings is 2. The van der Waals surface area contributed by atoms with Crippen LogP contribution in [0.15, 0.2) is 55.1 Å². The summed E-state index contributed by atoms with van der Waals surface area (Å²) < 4.78 is 39.2. The van der Waals surface area contributed by atoms with E-state index < -0.39 is 11.6 Å². The van der Waals surface area contributed by atoms with Crippen molar-refractivity contribution in [1.29, 1.82) is 0 Å². The Morgan fingerprint density at radius 3 is 2.29 bits per heavy atom. The van der Waals surface area contributed by atoms with E-state index in [1.54, 1.807) is 19.1 Å². The monoisotopic (exact) mass is 463 g/mol. The average molecular weight is 464 g/mol. The van der Waals surface area contributed by atoms with Crippen molar-refractivity contribution in [3.05, 3.63) is 106 Å². The van der Waals surface area contributed by atoms with Crippen LogP contribution < -0.4 is 0 Å². The Hall–Kier alpha value is -3.14. The van der Waals surface area contributed by atoms with Crippen molar-refractivity contribution in [3.8, 4) is 0 Å². The first-order chi connectivity index (χ1) is 16.3. The second-order valence-corrected chi connectivity index (χ2v) is 8.65. The molecule has 0 saturated heterocycles. The average Bonchev–Trinajstić information content (AvgIpc) is 3.33. The van der Waals surface area contributed by atoms with Crippen LogP contribution in [-0.2, 0) is 6.42 Å². The minimum absolute atomic E-state index is 0.176. The fourth-order valence-electron chi connectivity index (χ4n) is 4.35. The molecule has 0 spiro atoms. The molecule has 4 heteroatoms. The van der Waals surface area contributed by atoms with Gasteiger partial charge in [-0.05, 0) is 115 Å². The molecule has 0 bridgehead atoms. The van der Waals surface area contributed by atoms with Gasteiger partial charge in [-0.15, -0.1) is 0 Å². The number of halogens is 3. The van der Waals surface area contributed by atoms with Crippen LogP contribution in [0.25, 0.3) is 16.7 Å². The Morgan fingerprint density at radius 2 is 1.62 bits per heavy atom. The lowest BCUT2D eigenvalue weighted by Gasteiger charge is -2.12. The highest BCUT2D eigenvalue weighted by molar-refractivity contribution is 5.92. The SMILES string of the molecule is C=C(CC)c1cccc(C2=C(c3cc(F)ccc3C)CCC2)n1.CCc1c(C)ccc(F)c1F. The zero-order valence-electron chi connectivity index (χ0n) is 20.4. The third-order valence-electron chi connectivity index (χ3n) is 6.37. The van der Waals surface area contributed by atoms with Gasteiger partial charge in [0.05, 0.1) is 11.4 Å². The molecule has 0 amide bonds. The predicted octanol–water partition coefficient (Wildman–Crippen LogP) is 8.88. The van der Waals surface area contributed by atoms with E-state index in [1.807, 2.05) is 32.0 Å². The van der Waals surface area contributed by atoms with Gasteiger partial charge in [0.2, 0.25) is 0 Å². The molecule has 0 atom stereocenters. The van der Waals surface area contributed by atoms with E-state index in [9.17, 15) is 13.2 Å². The molecule has 1 aliphatic rings.